The maximum absolute atomic E-state index is 13.1. The first-order chi connectivity index (χ1) is 9.59. The summed E-state index contributed by atoms with van der Waals surface area (Å²) >= 11 is 0. The number of halogens is 2. The molecule has 5 nitrogen and oxygen atoms in total. The molecule has 3 aliphatic rings. The molecule has 9 heteroatoms. The van der Waals surface area contributed by atoms with E-state index < -0.39 is 37.5 Å². The van der Waals surface area contributed by atoms with Crippen molar-refractivity contribution in [3.63, 3.8) is 0 Å². The van der Waals surface area contributed by atoms with E-state index in [1.54, 1.807) is 0 Å². The first-order valence-electron chi connectivity index (χ1n) is 7.13. The van der Waals surface area contributed by atoms with Gasteiger partial charge in [0.1, 0.15) is 0 Å². The van der Waals surface area contributed by atoms with E-state index in [4.69, 9.17) is 0 Å². The van der Waals surface area contributed by atoms with E-state index in [0.29, 0.717) is 31.8 Å². The first kappa shape index (κ1) is 15.6. The summed E-state index contributed by atoms with van der Waals surface area (Å²) in [4.78, 5) is 2.11. The smallest absolute Gasteiger partial charge is 0.257 e. The summed E-state index contributed by atoms with van der Waals surface area (Å²) < 4.78 is 64.3. The Balaban J connectivity index is 1.52. The SMILES string of the molecule is CS(=O)(=O)N=S1(=O)CCN(CC2CC3C(C2)C3(F)F)CC1. The molecule has 0 bridgehead atoms. The average Bonchev–Trinajstić information content (AvgIpc) is 2.73. The van der Waals surface area contributed by atoms with E-state index in [1.807, 2.05) is 0 Å². The lowest BCUT2D eigenvalue weighted by Gasteiger charge is -2.31. The molecule has 0 spiro atoms. The van der Waals surface area contributed by atoms with Crippen LogP contribution in [-0.4, -0.2) is 60.8 Å². The number of fused-ring (bicyclic) bond motifs is 1. The van der Waals surface area contributed by atoms with Crippen LogP contribution in [0.4, 0.5) is 8.78 Å². The third kappa shape index (κ3) is 3.24. The predicted octanol–water partition coefficient (Wildman–Crippen LogP) is 1.02. The summed E-state index contributed by atoms with van der Waals surface area (Å²) in [6.45, 7) is 1.80. The van der Waals surface area contributed by atoms with Crippen LogP contribution in [0.5, 0.6) is 0 Å². The summed E-state index contributed by atoms with van der Waals surface area (Å²) in [6.07, 6.45) is 2.12. The second kappa shape index (κ2) is 4.86. The standard InChI is InChI=1S/C12H20F2N2O3S2/c1-20(17,18)15-21(19)4-2-16(3-5-21)8-9-6-10-11(7-9)12(10,13)14/h9-11H,2-8H2,1H3. The van der Waals surface area contributed by atoms with Gasteiger partial charge in [-0.3, -0.25) is 0 Å². The number of nitrogens with zero attached hydrogens (tertiary/aromatic N) is 2. The number of alkyl halides is 2. The lowest BCUT2D eigenvalue weighted by molar-refractivity contribution is 0.0594. The van der Waals surface area contributed by atoms with Crippen LogP contribution in [0.15, 0.2) is 3.77 Å². The Morgan fingerprint density at radius 3 is 2.24 bits per heavy atom. The van der Waals surface area contributed by atoms with Crippen LogP contribution < -0.4 is 0 Å². The topological polar surface area (TPSA) is 66.8 Å². The minimum absolute atomic E-state index is 0.246. The molecule has 2 saturated carbocycles. The molecule has 1 aliphatic heterocycles. The summed E-state index contributed by atoms with van der Waals surface area (Å²) in [5, 5.41) is 0. The van der Waals surface area contributed by atoms with Gasteiger partial charge in [-0.15, -0.1) is 3.77 Å². The van der Waals surface area contributed by atoms with Crippen LogP contribution in [0.3, 0.4) is 0 Å². The van der Waals surface area contributed by atoms with Crippen molar-refractivity contribution in [1.29, 1.82) is 0 Å². The van der Waals surface area contributed by atoms with Gasteiger partial charge >= 0.3 is 0 Å². The third-order valence-corrected chi connectivity index (χ3v) is 8.59. The molecule has 2 atom stereocenters. The molecular weight excluding hydrogens is 322 g/mol. The molecule has 122 valence electrons. The van der Waals surface area contributed by atoms with Gasteiger partial charge in [0.25, 0.3) is 15.9 Å². The second-order valence-electron chi connectivity index (χ2n) is 6.51. The average molecular weight is 342 g/mol. The van der Waals surface area contributed by atoms with Gasteiger partial charge in [-0.1, -0.05) is 0 Å². The first-order valence-corrected chi connectivity index (χ1v) is 10.8. The van der Waals surface area contributed by atoms with Gasteiger partial charge in [-0.05, 0) is 18.8 Å². The maximum Gasteiger partial charge on any atom is 0.257 e. The Hall–Kier alpha value is -0.280. The second-order valence-corrected chi connectivity index (χ2v) is 10.9. The zero-order valence-electron chi connectivity index (χ0n) is 11.9. The van der Waals surface area contributed by atoms with Crippen molar-refractivity contribution in [1.82, 2.24) is 4.90 Å². The fourth-order valence-electron chi connectivity index (χ4n) is 3.69. The summed E-state index contributed by atoms with van der Waals surface area (Å²) in [5.74, 6) is -2.48. The highest BCUT2D eigenvalue weighted by Crippen LogP contribution is 2.65. The predicted molar refractivity (Wildman–Crippen MR) is 76.2 cm³/mol. The van der Waals surface area contributed by atoms with E-state index >= 15 is 0 Å². The lowest BCUT2D eigenvalue weighted by atomic mass is 10.0. The number of hydrogen-bond acceptors (Lipinski definition) is 4. The minimum Gasteiger partial charge on any atom is -0.301 e. The number of sulfonamides is 1. The van der Waals surface area contributed by atoms with Gasteiger partial charge < -0.3 is 4.90 Å². The van der Waals surface area contributed by atoms with Crippen LogP contribution in [0.25, 0.3) is 0 Å². The monoisotopic (exact) mass is 342 g/mol. The van der Waals surface area contributed by atoms with E-state index in [-0.39, 0.29) is 11.5 Å². The zero-order chi connectivity index (χ0) is 15.5. The van der Waals surface area contributed by atoms with Gasteiger partial charge in [0.2, 0.25) is 0 Å². The van der Waals surface area contributed by atoms with Gasteiger partial charge in [0.05, 0.1) is 16.0 Å². The van der Waals surface area contributed by atoms with Crippen molar-refractivity contribution in [2.75, 3.05) is 37.4 Å². The van der Waals surface area contributed by atoms with Crippen molar-refractivity contribution in [3.05, 3.63) is 0 Å². The quantitative estimate of drug-likeness (QED) is 0.768. The Morgan fingerprint density at radius 2 is 1.76 bits per heavy atom. The van der Waals surface area contributed by atoms with Gasteiger partial charge in [0, 0.05) is 43.0 Å². The number of hydrogen-bond donors (Lipinski definition) is 0. The molecule has 1 heterocycles. The van der Waals surface area contributed by atoms with Crippen LogP contribution in [0, 0.1) is 17.8 Å². The highest BCUT2D eigenvalue weighted by atomic mass is 32.3. The minimum atomic E-state index is -3.59. The molecule has 2 unspecified atom stereocenters. The Morgan fingerprint density at radius 1 is 1.24 bits per heavy atom. The van der Waals surface area contributed by atoms with Crippen LogP contribution in [0.1, 0.15) is 12.8 Å². The summed E-state index contributed by atoms with van der Waals surface area (Å²) in [5.41, 5.74) is 0. The van der Waals surface area contributed by atoms with E-state index in [0.717, 1.165) is 12.8 Å². The normalized spacial score (nSPS) is 38.0. The molecule has 0 amide bonds. The molecule has 0 aromatic carbocycles. The van der Waals surface area contributed by atoms with Crippen molar-refractivity contribution in [2.24, 2.45) is 21.5 Å². The molecule has 21 heavy (non-hydrogen) atoms. The summed E-state index contributed by atoms with van der Waals surface area (Å²) in [6, 6.07) is 0. The lowest BCUT2D eigenvalue weighted by Crippen LogP contribution is -2.42. The van der Waals surface area contributed by atoms with Crippen LogP contribution in [0.2, 0.25) is 0 Å². The van der Waals surface area contributed by atoms with Crippen LogP contribution in [-0.2, 0) is 19.8 Å². The van der Waals surface area contributed by atoms with E-state index in [9.17, 15) is 21.4 Å². The number of rotatable bonds is 3. The largest absolute Gasteiger partial charge is 0.301 e. The van der Waals surface area contributed by atoms with Gasteiger partial charge in [-0.2, -0.15) is 0 Å². The highest BCUT2D eigenvalue weighted by molar-refractivity contribution is 8.03. The zero-order valence-corrected chi connectivity index (χ0v) is 13.5. The fourth-order valence-corrected chi connectivity index (χ4v) is 7.55. The molecular formula is C12H20F2N2O3S2. The van der Waals surface area contributed by atoms with E-state index in [1.165, 1.54) is 0 Å². The molecule has 2 aliphatic carbocycles. The third-order valence-electron chi connectivity index (χ3n) is 4.78. The Kier molecular flexibility index (Phi) is 3.61. The Labute approximate surface area is 124 Å². The molecule has 1 saturated heterocycles. The van der Waals surface area contributed by atoms with E-state index in [2.05, 4.69) is 8.67 Å². The van der Waals surface area contributed by atoms with Crippen molar-refractivity contribution >= 4 is 19.8 Å². The molecule has 3 fully saturated rings. The maximum atomic E-state index is 13.1. The highest BCUT2D eigenvalue weighted by Gasteiger charge is 2.71. The molecule has 3 rings (SSSR count). The van der Waals surface area contributed by atoms with Gasteiger partial charge in [-0.25, -0.2) is 21.4 Å². The molecule has 0 radical (unpaired) electrons. The Bertz CT molecular complexity index is 627. The molecule has 0 N–H and O–H groups in total. The molecule has 0 aromatic rings. The van der Waals surface area contributed by atoms with Crippen molar-refractivity contribution < 1.29 is 21.4 Å². The molecule has 0 aromatic heterocycles. The van der Waals surface area contributed by atoms with Gasteiger partial charge in [0.15, 0.2) is 0 Å². The van der Waals surface area contributed by atoms with Crippen molar-refractivity contribution in [2.45, 2.75) is 18.8 Å². The van der Waals surface area contributed by atoms with Crippen LogP contribution >= 0.6 is 0 Å². The fraction of sp³-hybridized carbons (Fsp3) is 1.00. The summed E-state index contributed by atoms with van der Waals surface area (Å²) in [7, 11) is -6.25. The van der Waals surface area contributed by atoms with Crippen molar-refractivity contribution in [3.8, 4) is 0 Å².